The molecular formula is C19H17ClN4O4S. The molecule has 0 fully saturated rings. The summed E-state index contributed by atoms with van der Waals surface area (Å²) in [5, 5.41) is 23.5. The molecule has 2 aromatic heterocycles. The van der Waals surface area contributed by atoms with E-state index in [1.54, 1.807) is 12.1 Å². The standard InChI is InChI=1S/C19H17ClN4O4S/c1-3-13-10(2)21-19(15-6-7-16(20)29-15)23-18(13)22-12-5-4-11(8-17(25)26)14(9-12)24(27)28/h4-7,9H,3,8H2,1-2H3,(H,25,26)(H,21,22,23). The highest BCUT2D eigenvalue weighted by Gasteiger charge is 2.19. The molecule has 0 saturated carbocycles. The monoisotopic (exact) mass is 432 g/mol. The van der Waals surface area contributed by atoms with E-state index in [9.17, 15) is 14.9 Å². The molecule has 0 amide bonds. The highest BCUT2D eigenvalue weighted by Crippen LogP contribution is 2.32. The second-order valence-corrected chi connectivity index (χ2v) is 7.93. The Morgan fingerprint density at radius 1 is 1.31 bits per heavy atom. The number of halogens is 1. The number of hydrogen-bond acceptors (Lipinski definition) is 7. The fourth-order valence-corrected chi connectivity index (χ4v) is 3.91. The molecule has 29 heavy (non-hydrogen) atoms. The molecule has 3 rings (SSSR count). The van der Waals surface area contributed by atoms with Gasteiger partial charge in [-0.1, -0.05) is 18.5 Å². The van der Waals surface area contributed by atoms with Crippen LogP contribution in [-0.4, -0.2) is 26.0 Å². The molecule has 0 bridgehead atoms. The molecule has 0 radical (unpaired) electrons. The van der Waals surface area contributed by atoms with Crippen molar-refractivity contribution in [3.8, 4) is 10.7 Å². The summed E-state index contributed by atoms with van der Waals surface area (Å²) in [4.78, 5) is 31.7. The number of nitrogens with one attached hydrogen (secondary N) is 1. The van der Waals surface area contributed by atoms with Gasteiger partial charge in [-0.15, -0.1) is 11.3 Å². The summed E-state index contributed by atoms with van der Waals surface area (Å²) in [6, 6.07) is 7.96. The van der Waals surface area contributed by atoms with Crippen LogP contribution < -0.4 is 5.32 Å². The Hall–Kier alpha value is -3.04. The fourth-order valence-electron chi connectivity index (χ4n) is 2.93. The van der Waals surface area contributed by atoms with Crippen LogP contribution in [-0.2, 0) is 17.6 Å². The van der Waals surface area contributed by atoms with Crippen LogP contribution >= 0.6 is 22.9 Å². The normalized spacial score (nSPS) is 10.7. The zero-order valence-electron chi connectivity index (χ0n) is 15.6. The quantitative estimate of drug-likeness (QED) is 0.398. The molecular weight excluding hydrogens is 416 g/mol. The van der Waals surface area contributed by atoms with Crippen LogP contribution in [0.15, 0.2) is 30.3 Å². The number of aryl methyl sites for hydroxylation is 1. The first-order valence-corrected chi connectivity index (χ1v) is 9.87. The summed E-state index contributed by atoms with van der Waals surface area (Å²) in [5.74, 6) is -0.0799. The van der Waals surface area contributed by atoms with E-state index in [0.717, 1.165) is 16.1 Å². The molecule has 2 N–H and O–H groups in total. The molecule has 0 saturated heterocycles. The topological polar surface area (TPSA) is 118 Å². The third-order valence-electron chi connectivity index (χ3n) is 4.25. The summed E-state index contributed by atoms with van der Waals surface area (Å²) in [6.45, 7) is 3.85. The third kappa shape index (κ3) is 4.69. The van der Waals surface area contributed by atoms with Crippen molar-refractivity contribution in [1.29, 1.82) is 0 Å². The number of aliphatic carboxylic acids is 1. The maximum absolute atomic E-state index is 11.4. The Morgan fingerprint density at radius 3 is 2.66 bits per heavy atom. The number of rotatable bonds is 7. The van der Waals surface area contributed by atoms with Gasteiger partial charge in [-0.25, -0.2) is 9.97 Å². The molecule has 10 heteroatoms. The van der Waals surface area contributed by atoms with E-state index in [1.807, 2.05) is 19.9 Å². The number of hydrogen-bond donors (Lipinski definition) is 2. The number of carbonyl (C=O) groups is 1. The van der Waals surface area contributed by atoms with Crippen molar-refractivity contribution in [2.45, 2.75) is 26.7 Å². The van der Waals surface area contributed by atoms with Gasteiger partial charge in [-0.3, -0.25) is 14.9 Å². The second-order valence-electron chi connectivity index (χ2n) is 6.21. The molecule has 3 aromatic rings. The summed E-state index contributed by atoms with van der Waals surface area (Å²) < 4.78 is 0.625. The summed E-state index contributed by atoms with van der Waals surface area (Å²) in [5.41, 5.74) is 1.99. The van der Waals surface area contributed by atoms with Gasteiger partial charge >= 0.3 is 5.97 Å². The van der Waals surface area contributed by atoms with Crippen LogP contribution in [0.1, 0.15) is 23.7 Å². The Kier molecular flexibility index (Phi) is 6.09. The van der Waals surface area contributed by atoms with E-state index in [2.05, 4.69) is 15.3 Å². The number of nitro groups is 1. The second kappa shape index (κ2) is 8.54. The molecule has 8 nitrogen and oxygen atoms in total. The lowest BCUT2D eigenvalue weighted by Gasteiger charge is -2.14. The lowest BCUT2D eigenvalue weighted by Crippen LogP contribution is -2.07. The number of anilines is 2. The lowest BCUT2D eigenvalue weighted by molar-refractivity contribution is -0.385. The van der Waals surface area contributed by atoms with Crippen LogP contribution in [0.3, 0.4) is 0 Å². The van der Waals surface area contributed by atoms with Crippen LogP contribution in [0.4, 0.5) is 17.2 Å². The highest BCUT2D eigenvalue weighted by atomic mass is 35.5. The summed E-state index contributed by atoms with van der Waals surface area (Å²) in [7, 11) is 0. The van der Waals surface area contributed by atoms with Crippen molar-refractivity contribution in [1.82, 2.24) is 9.97 Å². The number of benzene rings is 1. The molecule has 0 atom stereocenters. The predicted octanol–water partition coefficient (Wildman–Crippen LogP) is 5.01. The number of carboxylic acid groups (broad SMARTS) is 1. The molecule has 0 aliphatic carbocycles. The van der Waals surface area contributed by atoms with Gasteiger partial charge in [-0.2, -0.15) is 0 Å². The van der Waals surface area contributed by atoms with Crippen molar-refractivity contribution >= 4 is 46.1 Å². The number of aromatic nitrogens is 2. The van der Waals surface area contributed by atoms with Gasteiger partial charge in [0.1, 0.15) is 5.82 Å². The average Bonchev–Trinajstić information content (AvgIpc) is 3.08. The van der Waals surface area contributed by atoms with Crippen molar-refractivity contribution in [3.05, 3.63) is 61.6 Å². The van der Waals surface area contributed by atoms with Crippen molar-refractivity contribution < 1.29 is 14.8 Å². The van der Waals surface area contributed by atoms with Crippen LogP contribution in [0.5, 0.6) is 0 Å². The van der Waals surface area contributed by atoms with Gasteiger partial charge in [0.15, 0.2) is 5.82 Å². The number of nitro benzene ring substituents is 1. The van der Waals surface area contributed by atoms with Crippen molar-refractivity contribution in [3.63, 3.8) is 0 Å². The minimum Gasteiger partial charge on any atom is -0.481 e. The molecule has 0 aliphatic rings. The fraction of sp³-hybridized carbons (Fsp3) is 0.211. The minimum absolute atomic E-state index is 0.136. The van der Waals surface area contributed by atoms with Crippen molar-refractivity contribution in [2.24, 2.45) is 0 Å². The first-order valence-electron chi connectivity index (χ1n) is 8.67. The van der Waals surface area contributed by atoms with Crippen LogP contribution in [0.25, 0.3) is 10.7 Å². The van der Waals surface area contributed by atoms with Gasteiger partial charge in [-0.05, 0) is 37.6 Å². The van der Waals surface area contributed by atoms with Gasteiger partial charge < -0.3 is 10.4 Å². The molecule has 2 heterocycles. The lowest BCUT2D eigenvalue weighted by atomic mass is 10.1. The summed E-state index contributed by atoms with van der Waals surface area (Å²) in [6.07, 6.45) is 0.242. The van der Waals surface area contributed by atoms with Gasteiger partial charge in [0.2, 0.25) is 0 Å². The first kappa shape index (κ1) is 20.7. The number of carboxylic acids is 1. The van der Waals surface area contributed by atoms with Crippen molar-refractivity contribution in [2.75, 3.05) is 5.32 Å². The highest BCUT2D eigenvalue weighted by molar-refractivity contribution is 7.19. The van der Waals surface area contributed by atoms with E-state index in [-0.39, 0.29) is 11.3 Å². The zero-order chi connectivity index (χ0) is 21.1. The van der Waals surface area contributed by atoms with E-state index < -0.39 is 17.3 Å². The summed E-state index contributed by atoms with van der Waals surface area (Å²) >= 11 is 7.38. The van der Waals surface area contributed by atoms with E-state index in [4.69, 9.17) is 16.7 Å². The third-order valence-corrected chi connectivity index (χ3v) is 5.47. The molecule has 1 aromatic carbocycles. The Labute approximate surface area is 175 Å². The predicted molar refractivity (Wildman–Crippen MR) is 112 cm³/mol. The number of nitrogens with zero attached hydrogens (tertiary/aromatic N) is 3. The smallest absolute Gasteiger partial charge is 0.308 e. The SMILES string of the molecule is CCc1c(C)nc(-c2ccc(Cl)s2)nc1Nc1ccc(CC(=O)O)c([N+](=O)[O-])c1. The molecule has 0 spiro atoms. The first-order chi connectivity index (χ1) is 13.8. The molecule has 0 aliphatic heterocycles. The Morgan fingerprint density at radius 2 is 2.07 bits per heavy atom. The van der Waals surface area contributed by atoms with Gasteiger partial charge in [0.05, 0.1) is 20.6 Å². The van der Waals surface area contributed by atoms with E-state index in [0.29, 0.717) is 28.1 Å². The largest absolute Gasteiger partial charge is 0.481 e. The van der Waals surface area contributed by atoms with Gasteiger partial charge in [0, 0.05) is 28.6 Å². The maximum Gasteiger partial charge on any atom is 0.308 e. The zero-order valence-corrected chi connectivity index (χ0v) is 17.2. The van der Waals surface area contributed by atoms with Crippen LogP contribution in [0, 0.1) is 17.0 Å². The average molecular weight is 433 g/mol. The van der Waals surface area contributed by atoms with E-state index >= 15 is 0 Å². The van der Waals surface area contributed by atoms with Gasteiger partial charge in [0.25, 0.3) is 5.69 Å². The minimum atomic E-state index is -1.13. The molecule has 150 valence electrons. The number of thiophene rings is 1. The molecule has 0 unspecified atom stereocenters. The Bertz CT molecular complexity index is 1100. The van der Waals surface area contributed by atoms with E-state index in [1.165, 1.54) is 23.5 Å². The van der Waals surface area contributed by atoms with Crippen LogP contribution in [0.2, 0.25) is 4.34 Å². The maximum atomic E-state index is 11.4. The Balaban J connectivity index is 2.02.